The molecule has 0 saturated carbocycles. The number of thioether (sulfide) groups is 1. The number of benzene rings is 3. The zero-order chi connectivity index (χ0) is 20.2. The van der Waals surface area contributed by atoms with Crippen LogP contribution in [0.1, 0.15) is 16.7 Å². The summed E-state index contributed by atoms with van der Waals surface area (Å²) in [6, 6.07) is 24.0. The Labute approximate surface area is 172 Å². The van der Waals surface area contributed by atoms with Crippen LogP contribution in [0.15, 0.2) is 78.0 Å². The molecule has 0 atom stereocenters. The van der Waals surface area contributed by atoms with Gasteiger partial charge in [0.05, 0.1) is 17.3 Å². The van der Waals surface area contributed by atoms with Crippen LogP contribution in [0.4, 0.5) is 4.39 Å². The topological polar surface area (TPSA) is 54.5 Å². The molecule has 29 heavy (non-hydrogen) atoms. The van der Waals surface area contributed by atoms with Gasteiger partial charge in [0, 0.05) is 11.3 Å². The van der Waals surface area contributed by atoms with Crippen LogP contribution < -0.4 is 0 Å². The van der Waals surface area contributed by atoms with Crippen LogP contribution in [0.5, 0.6) is 0 Å². The maximum Gasteiger partial charge on any atom is 0.196 e. The van der Waals surface area contributed by atoms with Crippen LogP contribution >= 0.6 is 11.8 Å². The van der Waals surface area contributed by atoms with Gasteiger partial charge in [0.1, 0.15) is 5.82 Å². The van der Waals surface area contributed by atoms with E-state index in [0.717, 1.165) is 22.4 Å². The third-order valence-electron chi connectivity index (χ3n) is 4.59. The third-order valence-corrected chi connectivity index (χ3v) is 5.56. The molecule has 0 fully saturated rings. The SMILES string of the molecule is Cc1ccccc1-n1c(SCc2ccccc2C#N)nnc1-c1ccc(F)cc1. The average Bonchev–Trinajstić information content (AvgIpc) is 3.17. The van der Waals surface area contributed by atoms with Crippen molar-refractivity contribution in [1.82, 2.24) is 14.8 Å². The van der Waals surface area contributed by atoms with E-state index in [-0.39, 0.29) is 5.82 Å². The van der Waals surface area contributed by atoms with Gasteiger partial charge in [-0.25, -0.2) is 4.39 Å². The predicted molar refractivity (Wildman–Crippen MR) is 112 cm³/mol. The molecule has 0 unspecified atom stereocenters. The molecule has 1 heterocycles. The maximum absolute atomic E-state index is 13.4. The van der Waals surface area contributed by atoms with E-state index in [1.807, 2.05) is 60.0 Å². The van der Waals surface area contributed by atoms with Crippen molar-refractivity contribution in [3.63, 3.8) is 0 Å². The number of halogens is 1. The summed E-state index contributed by atoms with van der Waals surface area (Å²) in [6.07, 6.45) is 0. The van der Waals surface area contributed by atoms with Crippen LogP contribution in [0.3, 0.4) is 0 Å². The maximum atomic E-state index is 13.4. The number of hydrogen-bond donors (Lipinski definition) is 0. The molecule has 0 amide bonds. The molecule has 142 valence electrons. The molecule has 0 radical (unpaired) electrons. The van der Waals surface area contributed by atoms with Crippen LogP contribution in [-0.4, -0.2) is 14.8 Å². The first-order chi connectivity index (χ1) is 14.2. The summed E-state index contributed by atoms with van der Waals surface area (Å²) < 4.78 is 15.4. The third kappa shape index (κ3) is 3.91. The Kier molecular flexibility index (Phi) is 5.41. The Morgan fingerprint density at radius 2 is 1.69 bits per heavy atom. The first-order valence-corrected chi connectivity index (χ1v) is 10.0. The fraction of sp³-hybridized carbons (Fsp3) is 0.0870. The molecule has 0 saturated heterocycles. The first kappa shape index (κ1) is 18.9. The molecule has 0 aliphatic carbocycles. The van der Waals surface area contributed by atoms with Crippen molar-refractivity contribution in [3.8, 4) is 23.1 Å². The minimum atomic E-state index is -0.293. The van der Waals surface area contributed by atoms with E-state index in [9.17, 15) is 9.65 Å². The van der Waals surface area contributed by atoms with Crippen LogP contribution in [0.25, 0.3) is 17.1 Å². The van der Waals surface area contributed by atoms with E-state index >= 15 is 0 Å². The van der Waals surface area contributed by atoms with E-state index in [4.69, 9.17) is 0 Å². The molecule has 0 spiro atoms. The number of nitriles is 1. The summed E-state index contributed by atoms with van der Waals surface area (Å²) in [5.74, 6) is 0.950. The number of aryl methyl sites for hydroxylation is 1. The van der Waals surface area contributed by atoms with Crippen molar-refractivity contribution in [3.05, 3.63) is 95.3 Å². The number of aromatic nitrogens is 3. The Morgan fingerprint density at radius 3 is 2.45 bits per heavy atom. The summed E-state index contributed by atoms with van der Waals surface area (Å²) in [6.45, 7) is 2.03. The van der Waals surface area contributed by atoms with Crippen molar-refractivity contribution in [1.29, 1.82) is 5.26 Å². The molecule has 0 N–H and O–H groups in total. The highest BCUT2D eigenvalue weighted by molar-refractivity contribution is 7.98. The van der Waals surface area contributed by atoms with Gasteiger partial charge < -0.3 is 0 Å². The van der Waals surface area contributed by atoms with Crippen molar-refractivity contribution < 1.29 is 4.39 Å². The highest BCUT2D eigenvalue weighted by Gasteiger charge is 2.18. The Bertz CT molecular complexity index is 1190. The lowest BCUT2D eigenvalue weighted by Crippen LogP contribution is -2.02. The van der Waals surface area contributed by atoms with Gasteiger partial charge in [-0.1, -0.05) is 48.2 Å². The highest BCUT2D eigenvalue weighted by Crippen LogP contribution is 2.31. The molecule has 3 aromatic carbocycles. The smallest absolute Gasteiger partial charge is 0.196 e. The van der Waals surface area contributed by atoms with Crippen molar-refractivity contribution in [2.75, 3.05) is 0 Å². The van der Waals surface area contributed by atoms with Crippen molar-refractivity contribution >= 4 is 11.8 Å². The zero-order valence-electron chi connectivity index (χ0n) is 15.7. The monoisotopic (exact) mass is 400 g/mol. The number of rotatable bonds is 5. The van der Waals surface area contributed by atoms with Gasteiger partial charge in [-0.3, -0.25) is 4.57 Å². The molecule has 4 rings (SSSR count). The zero-order valence-corrected chi connectivity index (χ0v) is 16.5. The second-order valence-corrected chi connectivity index (χ2v) is 7.44. The molecule has 6 heteroatoms. The molecule has 0 bridgehead atoms. The van der Waals surface area contributed by atoms with E-state index in [1.165, 1.54) is 23.9 Å². The summed E-state index contributed by atoms with van der Waals surface area (Å²) >= 11 is 1.52. The van der Waals surface area contributed by atoms with Crippen LogP contribution in [-0.2, 0) is 5.75 Å². The van der Waals surface area contributed by atoms with Crippen LogP contribution in [0.2, 0.25) is 0 Å². The minimum Gasteiger partial charge on any atom is -0.270 e. The Morgan fingerprint density at radius 1 is 0.966 bits per heavy atom. The van der Waals surface area contributed by atoms with Crippen molar-refractivity contribution in [2.24, 2.45) is 0 Å². The summed E-state index contributed by atoms with van der Waals surface area (Å²) in [5.41, 5.74) is 4.43. The Hall–Kier alpha value is -3.43. The summed E-state index contributed by atoms with van der Waals surface area (Å²) in [5, 5.41) is 18.8. The van der Waals surface area contributed by atoms with E-state index in [0.29, 0.717) is 22.3 Å². The molecule has 0 aliphatic heterocycles. The van der Waals surface area contributed by atoms with Gasteiger partial charge in [-0.15, -0.1) is 10.2 Å². The van der Waals surface area contributed by atoms with Gasteiger partial charge in [0.25, 0.3) is 0 Å². The molecule has 0 aliphatic rings. The Balaban J connectivity index is 1.77. The number of para-hydroxylation sites is 1. The fourth-order valence-electron chi connectivity index (χ4n) is 3.08. The number of hydrogen-bond acceptors (Lipinski definition) is 4. The highest BCUT2D eigenvalue weighted by atomic mass is 32.2. The lowest BCUT2D eigenvalue weighted by molar-refractivity contribution is 0.628. The number of nitrogens with zero attached hydrogens (tertiary/aromatic N) is 4. The lowest BCUT2D eigenvalue weighted by atomic mass is 10.1. The lowest BCUT2D eigenvalue weighted by Gasteiger charge is -2.13. The van der Waals surface area contributed by atoms with Crippen LogP contribution in [0, 0.1) is 24.1 Å². The second-order valence-electron chi connectivity index (χ2n) is 6.49. The van der Waals surface area contributed by atoms with Gasteiger partial charge in [0.2, 0.25) is 0 Å². The quantitative estimate of drug-likeness (QED) is 0.412. The van der Waals surface area contributed by atoms with E-state index in [1.54, 1.807) is 12.1 Å². The molecule has 4 nitrogen and oxygen atoms in total. The van der Waals surface area contributed by atoms with Gasteiger partial charge in [-0.05, 0) is 54.4 Å². The van der Waals surface area contributed by atoms with Gasteiger partial charge in [-0.2, -0.15) is 5.26 Å². The molecule has 1 aromatic heterocycles. The standard InChI is InChI=1S/C23H17FN4S/c1-16-6-2-5-9-21(16)28-22(17-10-12-20(24)13-11-17)26-27-23(28)29-15-19-8-4-3-7-18(19)14-25/h2-13H,15H2,1H3. The van der Waals surface area contributed by atoms with Gasteiger partial charge >= 0.3 is 0 Å². The summed E-state index contributed by atoms with van der Waals surface area (Å²) in [7, 11) is 0. The fourth-order valence-corrected chi connectivity index (χ4v) is 4.03. The second kappa shape index (κ2) is 8.29. The first-order valence-electron chi connectivity index (χ1n) is 9.05. The van der Waals surface area contributed by atoms with E-state index in [2.05, 4.69) is 16.3 Å². The molecule has 4 aromatic rings. The average molecular weight is 400 g/mol. The largest absolute Gasteiger partial charge is 0.270 e. The van der Waals surface area contributed by atoms with Gasteiger partial charge in [0.15, 0.2) is 11.0 Å². The van der Waals surface area contributed by atoms with Crippen molar-refractivity contribution in [2.45, 2.75) is 17.8 Å². The molecular formula is C23H17FN4S. The summed E-state index contributed by atoms with van der Waals surface area (Å²) in [4.78, 5) is 0. The van der Waals surface area contributed by atoms with E-state index < -0.39 is 0 Å². The molecular weight excluding hydrogens is 383 g/mol. The normalized spacial score (nSPS) is 10.7. The predicted octanol–water partition coefficient (Wildman–Crippen LogP) is 5.55. The minimum absolute atomic E-state index is 0.293.